The van der Waals surface area contributed by atoms with E-state index >= 15 is 0 Å². The summed E-state index contributed by atoms with van der Waals surface area (Å²) in [7, 11) is 4.43. The highest BCUT2D eigenvalue weighted by molar-refractivity contribution is 9.10. The number of aromatic hydroxyl groups is 1. The molecule has 4 rings (SSSR count). The number of rotatable bonds is 7. The van der Waals surface area contributed by atoms with Gasteiger partial charge in [0.1, 0.15) is 6.61 Å². The van der Waals surface area contributed by atoms with E-state index in [2.05, 4.69) is 15.9 Å². The number of ether oxygens (including phenoxy) is 4. The van der Waals surface area contributed by atoms with Gasteiger partial charge in [0.25, 0.3) is 0 Å². The van der Waals surface area contributed by atoms with E-state index in [9.17, 15) is 9.90 Å². The maximum atomic E-state index is 12.9. The van der Waals surface area contributed by atoms with Gasteiger partial charge in [0, 0.05) is 5.56 Å². The number of fused-ring (bicyclic) bond motifs is 1. The zero-order valence-corrected chi connectivity index (χ0v) is 19.8. The standard InChI is InChI=1S/C25H21BrO7/c1-29-19-11-15(9-10-18(19)32-13-14-7-5-4-6-8-14)22-21(28)20(27)16-12-17(26)24(30-2)25(31-3)23(16)33-22/h4-12,28H,13H2,1-3H3. The van der Waals surface area contributed by atoms with Crippen molar-refractivity contribution < 1.29 is 28.5 Å². The largest absolute Gasteiger partial charge is 0.502 e. The molecule has 0 bridgehead atoms. The average Bonchev–Trinajstić information content (AvgIpc) is 2.85. The van der Waals surface area contributed by atoms with Crippen LogP contribution in [0.1, 0.15) is 5.56 Å². The van der Waals surface area contributed by atoms with E-state index in [1.54, 1.807) is 18.2 Å². The first-order valence-corrected chi connectivity index (χ1v) is 10.7. The van der Waals surface area contributed by atoms with Crippen molar-refractivity contribution in [2.75, 3.05) is 21.3 Å². The van der Waals surface area contributed by atoms with Crippen molar-refractivity contribution in [2.45, 2.75) is 6.61 Å². The fourth-order valence-corrected chi connectivity index (χ4v) is 4.05. The van der Waals surface area contributed by atoms with Gasteiger partial charge in [-0.1, -0.05) is 30.3 Å². The summed E-state index contributed by atoms with van der Waals surface area (Å²) in [6.07, 6.45) is 0. The monoisotopic (exact) mass is 512 g/mol. The average molecular weight is 513 g/mol. The first-order valence-electron chi connectivity index (χ1n) is 9.93. The normalized spacial score (nSPS) is 10.8. The molecule has 0 aliphatic heterocycles. The number of hydrogen-bond donors (Lipinski definition) is 1. The van der Waals surface area contributed by atoms with Gasteiger partial charge in [-0.2, -0.15) is 0 Å². The first-order chi connectivity index (χ1) is 16.0. The molecule has 0 saturated carbocycles. The molecular formula is C25H21BrO7. The Labute approximate surface area is 198 Å². The van der Waals surface area contributed by atoms with Crippen molar-refractivity contribution in [3.63, 3.8) is 0 Å². The summed E-state index contributed by atoms with van der Waals surface area (Å²) in [5.41, 5.74) is 0.989. The van der Waals surface area contributed by atoms with Gasteiger partial charge in [-0.3, -0.25) is 4.79 Å². The first kappa shape index (κ1) is 22.5. The highest BCUT2D eigenvalue weighted by Crippen LogP contribution is 2.44. The van der Waals surface area contributed by atoms with E-state index < -0.39 is 11.2 Å². The third-order valence-corrected chi connectivity index (χ3v) is 5.68. The molecule has 0 spiro atoms. The van der Waals surface area contributed by atoms with Gasteiger partial charge in [-0.05, 0) is 45.8 Å². The summed E-state index contributed by atoms with van der Waals surface area (Å²) in [4.78, 5) is 12.9. The summed E-state index contributed by atoms with van der Waals surface area (Å²) in [5.74, 6) is 0.980. The zero-order chi connectivity index (χ0) is 23.5. The quantitative estimate of drug-likeness (QED) is 0.348. The van der Waals surface area contributed by atoms with Crippen LogP contribution in [0, 0.1) is 0 Å². The molecule has 7 nitrogen and oxygen atoms in total. The topological polar surface area (TPSA) is 87.4 Å². The third kappa shape index (κ3) is 4.21. The lowest BCUT2D eigenvalue weighted by Gasteiger charge is -2.15. The fourth-order valence-electron chi connectivity index (χ4n) is 3.48. The number of hydrogen-bond acceptors (Lipinski definition) is 7. The molecule has 0 amide bonds. The van der Waals surface area contributed by atoms with Gasteiger partial charge < -0.3 is 28.5 Å². The second-order valence-corrected chi connectivity index (χ2v) is 7.90. The van der Waals surface area contributed by atoms with Crippen LogP contribution in [0.5, 0.6) is 28.7 Å². The number of benzene rings is 3. The maximum absolute atomic E-state index is 12.9. The molecule has 170 valence electrons. The van der Waals surface area contributed by atoms with E-state index in [0.29, 0.717) is 33.9 Å². The van der Waals surface area contributed by atoms with Crippen LogP contribution in [-0.4, -0.2) is 26.4 Å². The number of methoxy groups -OCH3 is 3. The Balaban J connectivity index is 1.80. The smallest absolute Gasteiger partial charge is 0.235 e. The maximum Gasteiger partial charge on any atom is 0.235 e. The molecule has 0 unspecified atom stereocenters. The predicted molar refractivity (Wildman–Crippen MR) is 128 cm³/mol. The third-order valence-electron chi connectivity index (χ3n) is 5.10. The molecule has 1 aromatic heterocycles. The highest BCUT2D eigenvalue weighted by Gasteiger charge is 2.23. The molecule has 1 N–H and O–H groups in total. The molecule has 0 fully saturated rings. The molecule has 3 aromatic carbocycles. The van der Waals surface area contributed by atoms with Crippen molar-refractivity contribution >= 4 is 26.9 Å². The van der Waals surface area contributed by atoms with Crippen molar-refractivity contribution in [3.8, 4) is 40.1 Å². The Kier molecular flexibility index (Phi) is 6.46. The molecule has 1 heterocycles. The van der Waals surface area contributed by atoms with Crippen LogP contribution in [0.2, 0.25) is 0 Å². The minimum Gasteiger partial charge on any atom is -0.502 e. The van der Waals surface area contributed by atoms with Crippen LogP contribution >= 0.6 is 15.9 Å². The van der Waals surface area contributed by atoms with E-state index in [-0.39, 0.29) is 22.5 Å². The Morgan fingerprint density at radius 2 is 1.64 bits per heavy atom. The van der Waals surface area contributed by atoms with Gasteiger partial charge in [0.15, 0.2) is 28.6 Å². The van der Waals surface area contributed by atoms with E-state index in [4.69, 9.17) is 23.4 Å². The Hall–Kier alpha value is -3.65. The minimum atomic E-state index is -0.601. The van der Waals surface area contributed by atoms with Crippen molar-refractivity contribution in [2.24, 2.45) is 0 Å². The van der Waals surface area contributed by atoms with Crippen LogP contribution < -0.4 is 24.4 Å². The Bertz CT molecular complexity index is 1360. The van der Waals surface area contributed by atoms with Crippen molar-refractivity contribution in [1.29, 1.82) is 0 Å². The lowest BCUT2D eigenvalue weighted by atomic mass is 10.1. The summed E-state index contributed by atoms with van der Waals surface area (Å²) in [6.45, 7) is 0.360. The van der Waals surface area contributed by atoms with Gasteiger partial charge >= 0.3 is 0 Å². The Morgan fingerprint density at radius 1 is 0.909 bits per heavy atom. The molecule has 33 heavy (non-hydrogen) atoms. The van der Waals surface area contributed by atoms with Crippen LogP contribution in [0.3, 0.4) is 0 Å². The van der Waals surface area contributed by atoms with E-state index in [1.807, 2.05) is 30.3 Å². The van der Waals surface area contributed by atoms with Crippen molar-refractivity contribution in [1.82, 2.24) is 0 Å². The second kappa shape index (κ2) is 9.46. The number of halogens is 1. The minimum absolute atomic E-state index is 0.0249. The summed E-state index contributed by atoms with van der Waals surface area (Å²) < 4.78 is 28.6. The summed E-state index contributed by atoms with van der Waals surface area (Å²) >= 11 is 3.35. The highest BCUT2D eigenvalue weighted by atomic mass is 79.9. The van der Waals surface area contributed by atoms with E-state index in [1.165, 1.54) is 27.4 Å². The molecule has 0 atom stereocenters. The molecule has 0 saturated heterocycles. The van der Waals surface area contributed by atoms with Crippen LogP contribution in [0.25, 0.3) is 22.3 Å². The second-order valence-electron chi connectivity index (χ2n) is 7.05. The SMILES string of the molecule is COc1cc(-c2oc3c(OC)c(OC)c(Br)cc3c(=O)c2O)ccc1OCc1ccccc1. The lowest BCUT2D eigenvalue weighted by molar-refractivity contribution is 0.284. The lowest BCUT2D eigenvalue weighted by Crippen LogP contribution is -2.05. The van der Waals surface area contributed by atoms with Gasteiger partial charge in [-0.15, -0.1) is 0 Å². The van der Waals surface area contributed by atoms with Crippen molar-refractivity contribution in [3.05, 3.63) is 74.9 Å². The molecule has 0 radical (unpaired) electrons. The molecular weight excluding hydrogens is 492 g/mol. The van der Waals surface area contributed by atoms with Gasteiger partial charge in [0.05, 0.1) is 31.2 Å². The van der Waals surface area contributed by atoms with Crippen LogP contribution in [-0.2, 0) is 6.61 Å². The predicted octanol–water partition coefficient (Wildman–Crippen LogP) is 5.53. The van der Waals surface area contributed by atoms with Crippen LogP contribution in [0.4, 0.5) is 0 Å². The van der Waals surface area contributed by atoms with Crippen LogP contribution in [0.15, 0.2) is 68.3 Å². The molecule has 0 aliphatic carbocycles. The molecule has 4 aromatic rings. The summed E-state index contributed by atoms with van der Waals surface area (Å²) in [5, 5.41) is 10.8. The summed E-state index contributed by atoms with van der Waals surface area (Å²) in [6, 6.07) is 16.3. The van der Waals surface area contributed by atoms with Gasteiger partial charge in [0.2, 0.25) is 16.9 Å². The van der Waals surface area contributed by atoms with Gasteiger partial charge in [-0.25, -0.2) is 0 Å². The van der Waals surface area contributed by atoms with E-state index in [0.717, 1.165) is 5.56 Å². The fraction of sp³-hybridized carbons (Fsp3) is 0.160. The molecule has 8 heteroatoms. The Morgan fingerprint density at radius 3 is 2.30 bits per heavy atom. The molecule has 0 aliphatic rings. The zero-order valence-electron chi connectivity index (χ0n) is 18.2.